The second-order valence-corrected chi connectivity index (χ2v) is 8.47. The topological polar surface area (TPSA) is 9.23 Å². The lowest BCUT2D eigenvalue weighted by molar-refractivity contribution is -0.898. The van der Waals surface area contributed by atoms with Gasteiger partial charge in [-0.2, -0.15) is 0 Å². The van der Waals surface area contributed by atoms with Crippen molar-refractivity contribution in [1.29, 1.82) is 0 Å². The van der Waals surface area contributed by atoms with Crippen molar-refractivity contribution >= 4 is 0 Å². The van der Waals surface area contributed by atoms with Crippen LogP contribution in [-0.2, 0) is 4.74 Å². The Labute approximate surface area is 119 Å². The average Bonchev–Trinajstić information content (AvgIpc) is 2.91. The summed E-state index contributed by atoms with van der Waals surface area (Å²) < 4.78 is 7.63. The highest BCUT2D eigenvalue weighted by molar-refractivity contribution is 5.11. The van der Waals surface area contributed by atoms with E-state index in [9.17, 15) is 0 Å². The van der Waals surface area contributed by atoms with Crippen LogP contribution in [0.2, 0.25) is 0 Å². The fraction of sp³-hybridized carbons (Fsp3) is 1.00. The maximum Gasteiger partial charge on any atom is 0.102 e. The summed E-state index contributed by atoms with van der Waals surface area (Å²) in [5.74, 6) is 0.902. The predicted octanol–water partition coefficient (Wildman–Crippen LogP) is 3.46. The number of likely N-dealkylation sites (tertiary alicyclic amines) is 1. The zero-order valence-corrected chi connectivity index (χ0v) is 13.4. The Bertz CT molecular complexity index is 345. The summed E-state index contributed by atoms with van der Waals surface area (Å²) in [6.07, 6.45) is 7.46. The van der Waals surface area contributed by atoms with E-state index in [1.54, 1.807) is 0 Å². The molecule has 2 aliphatic carbocycles. The predicted molar refractivity (Wildman–Crippen MR) is 79.0 cm³/mol. The summed E-state index contributed by atoms with van der Waals surface area (Å²) in [4.78, 5) is 0. The third-order valence-corrected chi connectivity index (χ3v) is 7.31. The number of hydrogen-bond donors (Lipinski definition) is 0. The van der Waals surface area contributed by atoms with Gasteiger partial charge in [0, 0.05) is 12.8 Å². The van der Waals surface area contributed by atoms with Crippen LogP contribution in [0.4, 0.5) is 0 Å². The van der Waals surface area contributed by atoms with E-state index >= 15 is 0 Å². The van der Waals surface area contributed by atoms with Gasteiger partial charge < -0.3 is 9.22 Å². The van der Waals surface area contributed by atoms with Crippen molar-refractivity contribution in [3.8, 4) is 0 Å². The first-order valence-corrected chi connectivity index (χ1v) is 8.33. The van der Waals surface area contributed by atoms with Crippen molar-refractivity contribution in [2.75, 3.05) is 33.3 Å². The summed E-state index contributed by atoms with van der Waals surface area (Å²) in [6.45, 7) is 12.3. The molecule has 2 heteroatoms. The summed E-state index contributed by atoms with van der Waals surface area (Å²) in [5, 5.41) is 0. The summed E-state index contributed by atoms with van der Waals surface area (Å²) in [7, 11) is 2.41. The number of rotatable bonds is 4. The molecule has 2 saturated carbocycles. The highest BCUT2D eigenvalue weighted by Crippen LogP contribution is 2.66. The zero-order chi connectivity index (χ0) is 13.7. The molecule has 3 aliphatic rings. The SMILES string of the molecule is CC1(C)[C@H]2CC[C@]1(C)[C@@H](OCC[N+]1(C)CCCC1)C2. The third kappa shape index (κ3) is 2.06. The van der Waals surface area contributed by atoms with Crippen molar-refractivity contribution in [3.63, 3.8) is 0 Å². The first kappa shape index (κ1) is 13.9. The molecule has 1 saturated heterocycles. The van der Waals surface area contributed by atoms with Gasteiger partial charge in [0.05, 0.1) is 32.8 Å². The molecule has 0 aromatic rings. The standard InChI is InChI=1S/C17H32NO/c1-16(2)14-7-8-17(16,3)15(13-14)19-12-11-18(4)9-5-6-10-18/h14-15H,5-13H2,1-4H3/q+1/t14-,15-,17+/m0/s1. The van der Waals surface area contributed by atoms with Gasteiger partial charge in [0.25, 0.3) is 0 Å². The maximum atomic E-state index is 6.39. The van der Waals surface area contributed by atoms with Crippen LogP contribution in [-0.4, -0.2) is 43.9 Å². The van der Waals surface area contributed by atoms with Crippen molar-refractivity contribution in [1.82, 2.24) is 0 Å². The molecule has 3 atom stereocenters. The van der Waals surface area contributed by atoms with E-state index in [-0.39, 0.29) is 0 Å². The molecule has 0 aromatic heterocycles. The zero-order valence-electron chi connectivity index (χ0n) is 13.4. The Hall–Kier alpha value is -0.0800. The number of fused-ring (bicyclic) bond motifs is 2. The number of ether oxygens (including phenoxy) is 1. The van der Waals surface area contributed by atoms with Crippen molar-refractivity contribution in [3.05, 3.63) is 0 Å². The summed E-state index contributed by atoms with van der Waals surface area (Å²) in [6, 6.07) is 0. The lowest BCUT2D eigenvalue weighted by atomic mass is 9.70. The molecular weight excluding hydrogens is 234 g/mol. The quantitative estimate of drug-likeness (QED) is 0.708. The van der Waals surface area contributed by atoms with Crippen molar-refractivity contribution < 1.29 is 9.22 Å². The van der Waals surface area contributed by atoms with Gasteiger partial charge in [-0.15, -0.1) is 0 Å². The minimum Gasteiger partial charge on any atom is -0.372 e. The van der Waals surface area contributed by atoms with Gasteiger partial charge in [-0.05, 0) is 36.0 Å². The highest BCUT2D eigenvalue weighted by atomic mass is 16.5. The Morgan fingerprint density at radius 1 is 1.16 bits per heavy atom. The smallest absolute Gasteiger partial charge is 0.102 e. The van der Waals surface area contributed by atoms with Crippen LogP contribution < -0.4 is 0 Å². The van der Waals surface area contributed by atoms with E-state index in [4.69, 9.17) is 4.74 Å². The lowest BCUT2D eigenvalue weighted by Gasteiger charge is -2.39. The monoisotopic (exact) mass is 266 g/mol. The molecule has 0 N–H and O–H groups in total. The second kappa shape index (κ2) is 4.46. The fourth-order valence-electron chi connectivity index (χ4n) is 5.12. The molecule has 2 nitrogen and oxygen atoms in total. The summed E-state index contributed by atoms with van der Waals surface area (Å²) in [5.41, 5.74) is 0.922. The largest absolute Gasteiger partial charge is 0.372 e. The highest BCUT2D eigenvalue weighted by Gasteiger charge is 2.61. The van der Waals surface area contributed by atoms with E-state index in [0.717, 1.165) is 12.5 Å². The van der Waals surface area contributed by atoms with Gasteiger partial charge in [-0.1, -0.05) is 20.8 Å². The second-order valence-electron chi connectivity index (χ2n) is 8.47. The number of quaternary nitrogens is 1. The average molecular weight is 266 g/mol. The molecule has 110 valence electrons. The van der Waals surface area contributed by atoms with Crippen LogP contribution in [0.1, 0.15) is 52.9 Å². The van der Waals surface area contributed by atoms with E-state index in [1.165, 1.54) is 56.2 Å². The maximum absolute atomic E-state index is 6.39. The number of likely N-dealkylation sites (N-methyl/N-ethyl adjacent to an activating group) is 1. The first-order valence-electron chi connectivity index (χ1n) is 8.33. The molecule has 0 spiro atoms. The van der Waals surface area contributed by atoms with Crippen LogP contribution in [0, 0.1) is 16.7 Å². The van der Waals surface area contributed by atoms with Crippen molar-refractivity contribution in [2.45, 2.75) is 59.0 Å². The number of hydrogen-bond acceptors (Lipinski definition) is 1. The molecule has 19 heavy (non-hydrogen) atoms. The Kier molecular flexibility index (Phi) is 3.26. The lowest BCUT2D eigenvalue weighted by Crippen LogP contribution is -2.45. The van der Waals surface area contributed by atoms with Crippen molar-refractivity contribution in [2.24, 2.45) is 16.7 Å². The minimum absolute atomic E-state index is 0.432. The molecule has 0 aromatic carbocycles. The van der Waals surface area contributed by atoms with Gasteiger partial charge in [-0.3, -0.25) is 0 Å². The Morgan fingerprint density at radius 2 is 1.84 bits per heavy atom. The van der Waals surface area contributed by atoms with Crippen LogP contribution in [0.3, 0.4) is 0 Å². The van der Waals surface area contributed by atoms with Gasteiger partial charge in [0.15, 0.2) is 0 Å². The van der Waals surface area contributed by atoms with Gasteiger partial charge >= 0.3 is 0 Å². The van der Waals surface area contributed by atoms with E-state index in [2.05, 4.69) is 27.8 Å². The van der Waals surface area contributed by atoms with E-state index < -0.39 is 0 Å². The van der Waals surface area contributed by atoms with Crippen LogP contribution in [0.5, 0.6) is 0 Å². The summed E-state index contributed by atoms with van der Waals surface area (Å²) >= 11 is 0. The molecular formula is C17H32NO+. The molecule has 3 fully saturated rings. The number of nitrogens with zero attached hydrogens (tertiary/aromatic N) is 1. The van der Waals surface area contributed by atoms with E-state index in [0.29, 0.717) is 16.9 Å². The van der Waals surface area contributed by atoms with Gasteiger partial charge in [0.2, 0.25) is 0 Å². The Morgan fingerprint density at radius 3 is 2.37 bits per heavy atom. The van der Waals surface area contributed by atoms with Crippen LogP contribution in [0.15, 0.2) is 0 Å². The minimum atomic E-state index is 0.432. The van der Waals surface area contributed by atoms with Gasteiger partial charge in [-0.25, -0.2) is 0 Å². The van der Waals surface area contributed by atoms with Crippen LogP contribution >= 0.6 is 0 Å². The Balaban J connectivity index is 1.55. The third-order valence-electron chi connectivity index (χ3n) is 7.31. The van der Waals surface area contributed by atoms with E-state index in [1.807, 2.05) is 0 Å². The molecule has 0 amide bonds. The van der Waals surface area contributed by atoms with Crippen LogP contribution in [0.25, 0.3) is 0 Å². The first-order chi connectivity index (χ1) is 8.87. The van der Waals surface area contributed by atoms with Gasteiger partial charge in [0.1, 0.15) is 6.54 Å². The molecule has 0 unspecified atom stereocenters. The molecule has 1 aliphatic heterocycles. The molecule has 2 bridgehead atoms. The molecule has 0 radical (unpaired) electrons. The molecule has 3 rings (SSSR count). The fourth-order valence-corrected chi connectivity index (χ4v) is 5.12. The normalized spacial score (nSPS) is 42.9. The molecule has 1 heterocycles.